The number of hydrogen-bond acceptors (Lipinski definition) is 2. The van der Waals surface area contributed by atoms with Crippen LogP contribution in [-0.2, 0) is 30.7 Å². The molecule has 0 bridgehead atoms. The van der Waals surface area contributed by atoms with E-state index in [1.54, 1.807) is 0 Å². The Labute approximate surface area is 160 Å². The van der Waals surface area contributed by atoms with Crippen LogP contribution in [0.2, 0.25) is 0 Å². The fourth-order valence-electron chi connectivity index (χ4n) is 4.69. The molecule has 3 aromatic rings. The Morgan fingerprint density at radius 2 is 1.85 bits per heavy atom. The maximum Gasteiger partial charge on any atom is 0.210 e. The highest BCUT2D eigenvalue weighted by Crippen LogP contribution is 2.34. The minimum Gasteiger partial charge on any atom is -0.341 e. The fraction of sp³-hybridized carbons (Fsp3) is 0.348. The molecule has 0 atom stereocenters. The fourth-order valence-corrected chi connectivity index (χ4v) is 4.69. The topological polar surface area (TPSA) is 28.5 Å². The van der Waals surface area contributed by atoms with Gasteiger partial charge >= 0.3 is 0 Å². The molecule has 0 saturated carbocycles. The highest BCUT2D eigenvalue weighted by atomic mass is 16.1. The lowest BCUT2D eigenvalue weighted by Gasteiger charge is -2.27. The average molecular weight is 359 g/mol. The van der Waals surface area contributed by atoms with E-state index in [9.17, 15) is 4.79 Å². The highest BCUT2D eigenvalue weighted by Gasteiger charge is 2.24. The van der Waals surface area contributed by atoms with Gasteiger partial charge in [-0.2, -0.15) is 0 Å². The van der Waals surface area contributed by atoms with Crippen LogP contribution in [0.25, 0.3) is 16.6 Å². The third-order valence-corrected chi connectivity index (χ3v) is 6.13. The van der Waals surface area contributed by atoms with Crippen molar-refractivity contribution in [3.63, 3.8) is 0 Å². The summed E-state index contributed by atoms with van der Waals surface area (Å²) >= 11 is 0. The van der Waals surface area contributed by atoms with Crippen LogP contribution in [0.5, 0.6) is 0 Å². The van der Waals surface area contributed by atoms with Crippen molar-refractivity contribution in [2.24, 2.45) is 0 Å². The van der Waals surface area contributed by atoms with Crippen molar-refractivity contribution in [2.75, 3.05) is 20.1 Å². The van der Waals surface area contributed by atoms with Crippen LogP contribution in [0.3, 0.4) is 0 Å². The summed E-state index contributed by atoms with van der Waals surface area (Å²) < 4.78 is 2.48. The summed E-state index contributed by atoms with van der Waals surface area (Å²) in [6, 6.07) is 13.6. The largest absolute Gasteiger partial charge is 0.341 e. The van der Waals surface area contributed by atoms with E-state index in [4.69, 9.17) is 0 Å². The van der Waals surface area contributed by atoms with Gasteiger partial charge in [0.2, 0.25) is 6.41 Å². The van der Waals surface area contributed by atoms with Crippen LogP contribution >= 0.6 is 0 Å². The Morgan fingerprint density at radius 1 is 0.963 bits per heavy atom. The van der Waals surface area contributed by atoms with E-state index in [0.717, 1.165) is 45.4 Å². The van der Waals surface area contributed by atoms with E-state index >= 15 is 0 Å². The van der Waals surface area contributed by atoms with Gasteiger partial charge in [-0.25, -0.2) is 0 Å². The Bertz CT molecular complexity index is 1050. The van der Waals surface area contributed by atoms with Crippen molar-refractivity contribution in [3.8, 4) is 5.69 Å². The number of hydrogen-bond donors (Lipinski definition) is 0. The van der Waals surface area contributed by atoms with E-state index in [-0.39, 0.29) is 0 Å². The number of amides is 1. The number of carbonyl (C=O) groups is 1. The summed E-state index contributed by atoms with van der Waals surface area (Å²) in [5, 5.41) is 1.39. The SMILES string of the molecule is Cc1ccc2c(c1)c1c(n2-c2ccc3c(c2)CCN(C=O)C3)CCN(C)C1. The van der Waals surface area contributed by atoms with Gasteiger partial charge in [-0.05, 0) is 61.3 Å². The van der Waals surface area contributed by atoms with E-state index in [2.05, 4.69) is 59.8 Å². The second-order valence-electron chi connectivity index (χ2n) is 8.05. The van der Waals surface area contributed by atoms with Gasteiger partial charge in [0.25, 0.3) is 0 Å². The summed E-state index contributed by atoms with van der Waals surface area (Å²) in [7, 11) is 2.21. The van der Waals surface area contributed by atoms with Crippen molar-refractivity contribution >= 4 is 17.3 Å². The summed E-state index contributed by atoms with van der Waals surface area (Å²) in [4.78, 5) is 15.4. The summed E-state index contributed by atoms with van der Waals surface area (Å²) in [5.41, 5.74) is 9.47. The third kappa shape index (κ3) is 2.67. The minimum absolute atomic E-state index is 0.730. The first-order valence-electron chi connectivity index (χ1n) is 9.77. The summed E-state index contributed by atoms with van der Waals surface area (Å²) in [6.07, 6.45) is 2.98. The number of fused-ring (bicyclic) bond motifs is 4. The number of benzene rings is 2. The Hall–Kier alpha value is -2.59. The van der Waals surface area contributed by atoms with Crippen molar-refractivity contribution in [3.05, 3.63) is 64.3 Å². The van der Waals surface area contributed by atoms with E-state index in [1.165, 1.54) is 44.5 Å². The first-order chi connectivity index (χ1) is 13.1. The first-order valence-corrected chi connectivity index (χ1v) is 9.77. The predicted molar refractivity (Wildman–Crippen MR) is 108 cm³/mol. The Morgan fingerprint density at radius 3 is 2.70 bits per heavy atom. The third-order valence-electron chi connectivity index (χ3n) is 6.13. The molecule has 0 fully saturated rings. The number of nitrogens with zero attached hydrogens (tertiary/aromatic N) is 3. The molecular formula is C23H25N3O. The maximum absolute atomic E-state index is 11.1. The lowest BCUT2D eigenvalue weighted by Crippen LogP contribution is -2.29. The van der Waals surface area contributed by atoms with Crippen molar-refractivity contribution in [1.82, 2.24) is 14.4 Å². The summed E-state index contributed by atoms with van der Waals surface area (Å²) in [5.74, 6) is 0. The van der Waals surface area contributed by atoms with Gasteiger partial charge < -0.3 is 14.4 Å². The van der Waals surface area contributed by atoms with Crippen LogP contribution in [0, 0.1) is 6.92 Å². The number of rotatable bonds is 2. The standard InChI is InChI=1S/C23H25N3O/c1-16-3-6-22-20(11-16)21-14-24(2)9-8-23(21)26(22)19-5-4-18-13-25(15-27)10-7-17(18)12-19/h3-6,11-12,15H,7-10,13-14H2,1-2H3. The van der Waals surface area contributed by atoms with Gasteiger partial charge in [0.15, 0.2) is 0 Å². The van der Waals surface area contributed by atoms with Gasteiger partial charge in [0.1, 0.15) is 0 Å². The molecule has 3 heterocycles. The van der Waals surface area contributed by atoms with Crippen molar-refractivity contribution < 1.29 is 4.79 Å². The van der Waals surface area contributed by atoms with Crippen LogP contribution in [0.4, 0.5) is 0 Å². The molecule has 1 amide bonds. The molecule has 0 N–H and O–H groups in total. The molecule has 0 radical (unpaired) electrons. The Kier molecular flexibility index (Phi) is 3.83. The molecule has 4 nitrogen and oxygen atoms in total. The van der Waals surface area contributed by atoms with Crippen LogP contribution in [0.15, 0.2) is 36.4 Å². The normalized spacial score (nSPS) is 17.0. The molecule has 0 aliphatic carbocycles. The zero-order valence-electron chi connectivity index (χ0n) is 16.0. The number of aromatic nitrogens is 1. The van der Waals surface area contributed by atoms with Crippen molar-refractivity contribution in [1.29, 1.82) is 0 Å². The summed E-state index contributed by atoms with van der Waals surface area (Å²) in [6.45, 7) is 5.83. The lowest BCUT2D eigenvalue weighted by molar-refractivity contribution is -0.118. The van der Waals surface area contributed by atoms with Gasteiger partial charge in [-0.3, -0.25) is 4.79 Å². The van der Waals surface area contributed by atoms with Gasteiger partial charge in [0.05, 0.1) is 5.52 Å². The quantitative estimate of drug-likeness (QED) is 0.656. The van der Waals surface area contributed by atoms with Crippen molar-refractivity contribution in [2.45, 2.75) is 32.9 Å². The molecule has 0 unspecified atom stereocenters. The number of carbonyl (C=O) groups excluding carboxylic acids is 1. The van der Waals surface area contributed by atoms with Gasteiger partial charge in [-0.15, -0.1) is 0 Å². The highest BCUT2D eigenvalue weighted by molar-refractivity contribution is 5.88. The predicted octanol–water partition coefficient (Wildman–Crippen LogP) is 3.44. The second-order valence-corrected chi connectivity index (χ2v) is 8.05. The molecule has 2 aliphatic rings. The van der Waals surface area contributed by atoms with Gasteiger partial charge in [0, 0.05) is 49.4 Å². The molecule has 2 aliphatic heterocycles. The molecule has 2 aromatic carbocycles. The monoisotopic (exact) mass is 359 g/mol. The lowest BCUT2D eigenvalue weighted by atomic mass is 9.99. The Balaban J connectivity index is 1.69. The van der Waals surface area contributed by atoms with Crippen LogP contribution in [0.1, 0.15) is 27.9 Å². The molecule has 0 spiro atoms. The van der Waals surface area contributed by atoms with Gasteiger partial charge in [-0.1, -0.05) is 17.7 Å². The molecular weight excluding hydrogens is 334 g/mol. The number of likely N-dealkylation sites (N-methyl/N-ethyl adjacent to an activating group) is 1. The molecule has 1 aromatic heterocycles. The van der Waals surface area contributed by atoms with Crippen LogP contribution in [-0.4, -0.2) is 40.9 Å². The minimum atomic E-state index is 0.730. The molecule has 138 valence electrons. The zero-order valence-corrected chi connectivity index (χ0v) is 16.0. The second kappa shape index (κ2) is 6.24. The average Bonchev–Trinajstić information content (AvgIpc) is 3.00. The van der Waals surface area contributed by atoms with Crippen LogP contribution < -0.4 is 0 Å². The molecule has 5 rings (SSSR count). The number of aryl methyl sites for hydroxylation is 1. The zero-order chi connectivity index (χ0) is 18.5. The van der Waals surface area contributed by atoms with E-state index < -0.39 is 0 Å². The smallest absolute Gasteiger partial charge is 0.210 e. The molecule has 0 saturated heterocycles. The van der Waals surface area contributed by atoms with E-state index in [1.807, 2.05) is 4.90 Å². The molecule has 4 heteroatoms. The molecule has 27 heavy (non-hydrogen) atoms. The first kappa shape index (κ1) is 16.6. The maximum atomic E-state index is 11.1. The van der Waals surface area contributed by atoms with E-state index in [0.29, 0.717) is 0 Å².